The number of piperidine rings is 1. The first-order valence-electron chi connectivity index (χ1n) is 8.17. The van der Waals surface area contributed by atoms with Gasteiger partial charge in [-0.05, 0) is 52.4 Å². The third kappa shape index (κ3) is 3.23. The third-order valence-electron chi connectivity index (χ3n) is 4.63. The van der Waals surface area contributed by atoms with Gasteiger partial charge < -0.3 is 10.2 Å². The topological polar surface area (TPSA) is 33.1 Å². The molecule has 4 heteroatoms. The number of hydrogen-bond acceptors (Lipinski definition) is 3. The molecule has 0 bridgehead atoms. The van der Waals surface area contributed by atoms with Gasteiger partial charge in [0, 0.05) is 30.4 Å². The van der Waals surface area contributed by atoms with Crippen molar-refractivity contribution in [2.45, 2.75) is 39.3 Å². The molecule has 1 aliphatic heterocycles. The maximum Gasteiger partial charge on any atom is 0.0648 e. The SMILES string of the molecule is Cc1nn(-c2ccccc2)c(C)c1CNC1CCCN(C)C1. The maximum atomic E-state index is 4.73. The molecular weight excluding hydrogens is 272 g/mol. The fraction of sp³-hybridized carbons (Fsp3) is 0.500. The standard InChI is InChI=1S/C18H26N4/c1-14-18(12-19-16-8-7-11-21(3)13-16)15(2)22(20-14)17-9-5-4-6-10-17/h4-6,9-10,16,19H,7-8,11-13H2,1-3H3. The summed E-state index contributed by atoms with van der Waals surface area (Å²) in [5.74, 6) is 0. The van der Waals surface area contributed by atoms with E-state index in [0.29, 0.717) is 6.04 Å². The molecule has 2 aromatic rings. The first kappa shape index (κ1) is 15.3. The van der Waals surface area contributed by atoms with Crippen LogP contribution >= 0.6 is 0 Å². The van der Waals surface area contributed by atoms with Crippen molar-refractivity contribution in [3.63, 3.8) is 0 Å². The molecule has 2 heterocycles. The highest BCUT2D eigenvalue weighted by Crippen LogP contribution is 2.18. The van der Waals surface area contributed by atoms with Crippen LogP contribution in [0.3, 0.4) is 0 Å². The van der Waals surface area contributed by atoms with E-state index in [1.807, 2.05) is 6.07 Å². The lowest BCUT2D eigenvalue weighted by molar-refractivity contribution is 0.226. The van der Waals surface area contributed by atoms with Crippen LogP contribution in [0.25, 0.3) is 5.69 Å². The Kier molecular flexibility index (Phi) is 4.60. The average Bonchev–Trinajstić information content (AvgIpc) is 2.81. The fourth-order valence-corrected chi connectivity index (χ4v) is 3.33. The highest BCUT2D eigenvalue weighted by molar-refractivity contribution is 5.36. The van der Waals surface area contributed by atoms with Gasteiger partial charge in [0.25, 0.3) is 0 Å². The molecule has 118 valence electrons. The Morgan fingerprint density at radius 1 is 1.23 bits per heavy atom. The molecule has 1 unspecified atom stereocenters. The normalized spacial score (nSPS) is 19.5. The first-order valence-corrected chi connectivity index (χ1v) is 8.17. The number of hydrogen-bond donors (Lipinski definition) is 1. The quantitative estimate of drug-likeness (QED) is 0.942. The molecule has 0 amide bonds. The second-order valence-corrected chi connectivity index (χ2v) is 6.38. The summed E-state index contributed by atoms with van der Waals surface area (Å²) in [6.07, 6.45) is 2.56. The van der Waals surface area contributed by atoms with Crippen molar-refractivity contribution >= 4 is 0 Å². The van der Waals surface area contributed by atoms with E-state index in [2.05, 4.69) is 60.1 Å². The van der Waals surface area contributed by atoms with Crippen LogP contribution in [0.1, 0.15) is 29.8 Å². The lowest BCUT2D eigenvalue weighted by Gasteiger charge is -2.30. The van der Waals surface area contributed by atoms with Crippen molar-refractivity contribution in [3.05, 3.63) is 47.3 Å². The summed E-state index contributed by atoms with van der Waals surface area (Å²) in [5, 5.41) is 8.45. The van der Waals surface area contributed by atoms with Gasteiger partial charge in [0.05, 0.1) is 11.4 Å². The predicted molar refractivity (Wildman–Crippen MR) is 90.4 cm³/mol. The van der Waals surface area contributed by atoms with Crippen molar-refractivity contribution in [3.8, 4) is 5.69 Å². The van der Waals surface area contributed by atoms with Crippen molar-refractivity contribution in [1.82, 2.24) is 20.0 Å². The van der Waals surface area contributed by atoms with Gasteiger partial charge in [-0.1, -0.05) is 18.2 Å². The number of benzene rings is 1. The molecule has 1 fully saturated rings. The van der Waals surface area contributed by atoms with Crippen molar-refractivity contribution < 1.29 is 0 Å². The molecule has 1 N–H and O–H groups in total. The summed E-state index contributed by atoms with van der Waals surface area (Å²) in [6, 6.07) is 11.0. The molecule has 1 aromatic heterocycles. The molecule has 3 rings (SSSR count). The zero-order valence-corrected chi connectivity index (χ0v) is 13.8. The van der Waals surface area contributed by atoms with Gasteiger partial charge in [-0.25, -0.2) is 4.68 Å². The van der Waals surface area contributed by atoms with Gasteiger partial charge >= 0.3 is 0 Å². The molecule has 22 heavy (non-hydrogen) atoms. The van der Waals surface area contributed by atoms with Gasteiger partial charge in [-0.2, -0.15) is 5.10 Å². The first-order chi connectivity index (χ1) is 10.6. The summed E-state index contributed by atoms with van der Waals surface area (Å²) in [5.41, 5.74) is 4.82. The van der Waals surface area contributed by atoms with Crippen LogP contribution in [-0.2, 0) is 6.54 Å². The van der Waals surface area contributed by atoms with E-state index in [9.17, 15) is 0 Å². The van der Waals surface area contributed by atoms with Gasteiger partial charge in [0.15, 0.2) is 0 Å². The highest BCUT2D eigenvalue weighted by Gasteiger charge is 2.18. The van der Waals surface area contributed by atoms with Crippen LogP contribution < -0.4 is 5.32 Å². The van der Waals surface area contributed by atoms with E-state index in [4.69, 9.17) is 5.10 Å². The van der Waals surface area contributed by atoms with Gasteiger partial charge in [-0.15, -0.1) is 0 Å². The molecule has 4 nitrogen and oxygen atoms in total. The number of nitrogens with zero attached hydrogens (tertiary/aromatic N) is 3. The molecule has 1 aliphatic rings. The largest absolute Gasteiger partial charge is 0.309 e. The molecule has 1 saturated heterocycles. The van der Waals surface area contributed by atoms with E-state index in [0.717, 1.165) is 24.5 Å². The summed E-state index contributed by atoms with van der Waals surface area (Å²) in [4.78, 5) is 2.41. The van der Waals surface area contributed by atoms with Crippen LogP contribution in [0.15, 0.2) is 30.3 Å². The smallest absolute Gasteiger partial charge is 0.0648 e. The maximum absolute atomic E-state index is 4.73. The minimum atomic E-state index is 0.595. The second-order valence-electron chi connectivity index (χ2n) is 6.38. The third-order valence-corrected chi connectivity index (χ3v) is 4.63. The fourth-order valence-electron chi connectivity index (χ4n) is 3.33. The summed E-state index contributed by atoms with van der Waals surface area (Å²) < 4.78 is 2.05. The van der Waals surface area contributed by atoms with Crippen molar-refractivity contribution in [2.24, 2.45) is 0 Å². The molecule has 0 aliphatic carbocycles. The van der Waals surface area contributed by atoms with E-state index in [-0.39, 0.29) is 0 Å². The molecule has 0 spiro atoms. The zero-order valence-electron chi connectivity index (χ0n) is 13.8. The minimum absolute atomic E-state index is 0.595. The Labute approximate surface area is 133 Å². The van der Waals surface area contributed by atoms with Crippen LogP contribution in [0, 0.1) is 13.8 Å². The van der Waals surface area contributed by atoms with Crippen LogP contribution in [0.5, 0.6) is 0 Å². The van der Waals surface area contributed by atoms with Crippen LogP contribution in [0.2, 0.25) is 0 Å². The van der Waals surface area contributed by atoms with Gasteiger partial charge in [-0.3, -0.25) is 0 Å². The summed E-state index contributed by atoms with van der Waals surface area (Å²) in [6.45, 7) is 7.55. The predicted octanol–water partition coefficient (Wildman–Crippen LogP) is 2.67. The van der Waals surface area contributed by atoms with E-state index in [1.165, 1.54) is 30.6 Å². The van der Waals surface area contributed by atoms with Crippen LogP contribution in [0.4, 0.5) is 0 Å². The molecule has 1 atom stereocenters. The number of likely N-dealkylation sites (tertiary alicyclic amines) is 1. The molecule has 0 saturated carbocycles. The second kappa shape index (κ2) is 6.63. The number of likely N-dealkylation sites (N-methyl/N-ethyl adjacent to an activating group) is 1. The Balaban J connectivity index is 1.73. The number of aromatic nitrogens is 2. The van der Waals surface area contributed by atoms with Crippen LogP contribution in [-0.4, -0.2) is 40.9 Å². The Hall–Kier alpha value is -1.65. The van der Waals surface area contributed by atoms with E-state index in [1.54, 1.807) is 0 Å². The Morgan fingerprint density at radius 3 is 2.73 bits per heavy atom. The molecular formula is C18H26N4. The monoisotopic (exact) mass is 298 g/mol. The lowest BCUT2D eigenvalue weighted by atomic mass is 10.1. The Morgan fingerprint density at radius 2 is 2.00 bits per heavy atom. The molecule has 1 aromatic carbocycles. The number of para-hydroxylation sites is 1. The number of rotatable bonds is 4. The van der Waals surface area contributed by atoms with Gasteiger partial charge in [0.1, 0.15) is 0 Å². The van der Waals surface area contributed by atoms with E-state index >= 15 is 0 Å². The van der Waals surface area contributed by atoms with Gasteiger partial charge in [0.2, 0.25) is 0 Å². The summed E-state index contributed by atoms with van der Waals surface area (Å²) >= 11 is 0. The van der Waals surface area contributed by atoms with Crippen molar-refractivity contribution in [1.29, 1.82) is 0 Å². The van der Waals surface area contributed by atoms with E-state index < -0.39 is 0 Å². The minimum Gasteiger partial charge on any atom is -0.309 e. The summed E-state index contributed by atoms with van der Waals surface area (Å²) in [7, 11) is 2.21. The Bertz CT molecular complexity index is 618. The average molecular weight is 298 g/mol. The zero-order chi connectivity index (χ0) is 15.5. The number of aryl methyl sites for hydroxylation is 1. The lowest BCUT2D eigenvalue weighted by Crippen LogP contribution is -2.43. The van der Waals surface area contributed by atoms with Crippen molar-refractivity contribution in [2.75, 3.05) is 20.1 Å². The number of nitrogens with one attached hydrogen (secondary N) is 1. The molecule has 0 radical (unpaired) electrons. The highest BCUT2D eigenvalue weighted by atomic mass is 15.3.